The smallest absolute Gasteiger partial charge is 0.258 e. The molecule has 0 radical (unpaired) electrons. The molecule has 2 aliphatic heterocycles. The maximum atomic E-state index is 12.6. The van der Waals surface area contributed by atoms with Gasteiger partial charge in [-0.2, -0.15) is 0 Å². The van der Waals surface area contributed by atoms with Gasteiger partial charge in [0.25, 0.3) is 5.91 Å². The summed E-state index contributed by atoms with van der Waals surface area (Å²) in [5.41, 5.74) is 2.10. The molecule has 0 saturated carbocycles. The number of carbonyl (C=O) groups excluding carboxylic acids is 2. The number of hydrogen-bond acceptors (Lipinski definition) is 6. The van der Waals surface area contributed by atoms with Crippen LogP contribution in [0, 0.1) is 0 Å². The molecule has 0 bridgehead atoms. The van der Waals surface area contributed by atoms with E-state index in [0.717, 1.165) is 11.3 Å². The molecule has 29 heavy (non-hydrogen) atoms. The van der Waals surface area contributed by atoms with Gasteiger partial charge >= 0.3 is 0 Å². The fraction of sp³-hybridized carbons (Fsp3) is 0.200. The third kappa shape index (κ3) is 3.73. The number of thioether (sulfide) groups is 1. The maximum Gasteiger partial charge on any atom is 0.258 e. The topological polar surface area (TPSA) is 83.4 Å². The van der Waals surface area contributed by atoms with Crippen LogP contribution in [0.3, 0.4) is 0 Å². The Bertz CT molecular complexity index is 1070. The zero-order valence-electron chi connectivity index (χ0n) is 15.7. The molecule has 0 fully saturated rings. The highest BCUT2D eigenvalue weighted by Gasteiger charge is 2.39. The molecule has 4 rings (SSSR count). The van der Waals surface area contributed by atoms with E-state index < -0.39 is 6.04 Å². The number of hydrogen-bond donors (Lipinski definition) is 1. The summed E-state index contributed by atoms with van der Waals surface area (Å²) in [5.74, 6) is 0.801. The third-order valence-corrected chi connectivity index (χ3v) is 5.66. The Morgan fingerprint density at radius 3 is 2.86 bits per heavy atom. The molecule has 0 aromatic heterocycles. The molecule has 2 aromatic carbocycles. The van der Waals surface area contributed by atoms with Crippen LogP contribution in [0.1, 0.15) is 12.5 Å². The van der Waals surface area contributed by atoms with Gasteiger partial charge in [-0.1, -0.05) is 35.5 Å². The summed E-state index contributed by atoms with van der Waals surface area (Å²) in [6.45, 7) is 1.75. The van der Waals surface area contributed by atoms with E-state index in [1.807, 2.05) is 24.3 Å². The summed E-state index contributed by atoms with van der Waals surface area (Å²) in [7, 11) is 1.53. The van der Waals surface area contributed by atoms with E-state index in [2.05, 4.69) is 15.3 Å². The molecule has 0 saturated heterocycles. The van der Waals surface area contributed by atoms with E-state index in [9.17, 15) is 9.59 Å². The molecular formula is C20H17ClN4O3S. The minimum Gasteiger partial charge on any atom is -0.495 e. The SMILES string of the molecule is COc1ccc(NC(=O)CSC2=Nc3ccccc3C3=N[C@@H](C)C(=O)N23)cc1Cl. The van der Waals surface area contributed by atoms with Gasteiger partial charge in [0.2, 0.25) is 5.91 Å². The molecule has 0 unspecified atom stereocenters. The highest BCUT2D eigenvalue weighted by molar-refractivity contribution is 8.14. The van der Waals surface area contributed by atoms with Crippen LogP contribution < -0.4 is 10.1 Å². The largest absolute Gasteiger partial charge is 0.495 e. The van der Waals surface area contributed by atoms with Crippen LogP contribution in [-0.4, -0.2) is 46.6 Å². The van der Waals surface area contributed by atoms with E-state index in [1.54, 1.807) is 25.1 Å². The van der Waals surface area contributed by atoms with Crippen molar-refractivity contribution in [2.24, 2.45) is 9.98 Å². The average molecular weight is 429 g/mol. The lowest BCUT2D eigenvalue weighted by molar-refractivity contribution is -0.124. The van der Waals surface area contributed by atoms with Crippen LogP contribution in [-0.2, 0) is 9.59 Å². The first-order chi connectivity index (χ1) is 14.0. The van der Waals surface area contributed by atoms with Gasteiger partial charge in [0.15, 0.2) is 5.17 Å². The monoisotopic (exact) mass is 428 g/mol. The maximum absolute atomic E-state index is 12.6. The second-order valence-electron chi connectivity index (χ2n) is 6.40. The molecule has 1 N–H and O–H groups in total. The van der Waals surface area contributed by atoms with Gasteiger partial charge in [-0.25, -0.2) is 9.89 Å². The van der Waals surface area contributed by atoms with E-state index >= 15 is 0 Å². The van der Waals surface area contributed by atoms with E-state index in [0.29, 0.717) is 27.5 Å². The highest BCUT2D eigenvalue weighted by Crippen LogP contribution is 2.33. The normalized spacial score (nSPS) is 17.3. The summed E-state index contributed by atoms with van der Waals surface area (Å²) < 4.78 is 5.11. The molecule has 1 atom stereocenters. The van der Waals surface area contributed by atoms with Crippen molar-refractivity contribution in [1.29, 1.82) is 0 Å². The predicted molar refractivity (Wildman–Crippen MR) is 115 cm³/mol. The number of para-hydroxylation sites is 1. The number of anilines is 1. The van der Waals surface area contributed by atoms with Gasteiger partial charge in [-0.15, -0.1) is 0 Å². The predicted octanol–water partition coefficient (Wildman–Crippen LogP) is 3.70. The first kappa shape index (κ1) is 19.5. The van der Waals surface area contributed by atoms with E-state index in [-0.39, 0.29) is 17.6 Å². The number of rotatable bonds is 4. The number of benzene rings is 2. The molecule has 2 amide bonds. The Kier molecular flexibility index (Phi) is 5.29. The second kappa shape index (κ2) is 7.88. The molecule has 2 heterocycles. The Hall–Kier alpha value is -2.84. The molecule has 0 aliphatic carbocycles. The van der Waals surface area contributed by atoms with E-state index in [4.69, 9.17) is 16.3 Å². The average Bonchev–Trinajstić information content (AvgIpc) is 3.01. The molecule has 9 heteroatoms. The summed E-state index contributed by atoms with van der Waals surface area (Å²) in [5, 5.41) is 3.63. The number of ether oxygens (including phenoxy) is 1. The van der Waals surface area contributed by atoms with Gasteiger partial charge in [0.1, 0.15) is 17.6 Å². The van der Waals surface area contributed by atoms with Crippen LogP contribution in [0.2, 0.25) is 5.02 Å². The van der Waals surface area contributed by atoms with E-state index in [1.165, 1.54) is 23.8 Å². The third-order valence-electron chi connectivity index (χ3n) is 4.43. The number of nitrogens with zero attached hydrogens (tertiary/aromatic N) is 3. The van der Waals surface area contributed by atoms with Crippen LogP contribution in [0.25, 0.3) is 0 Å². The van der Waals surface area contributed by atoms with Crippen LogP contribution in [0.4, 0.5) is 11.4 Å². The zero-order chi connectivity index (χ0) is 20.5. The summed E-state index contributed by atoms with van der Waals surface area (Å²) in [4.78, 5) is 35.5. The Morgan fingerprint density at radius 1 is 1.31 bits per heavy atom. The van der Waals surface area contributed by atoms with Gasteiger partial charge in [-0.05, 0) is 37.3 Å². The van der Waals surface area contributed by atoms with Crippen molar-refractivity contribution >= 4 is 57.6 Å². The van der Waals surface area contributed by atoms with Crippen molar-refractivity contribution in [2.45, 2.75) is 13.0 Å². The van der Waals surface area contributed by atoms with Gasteiger partial charge in [0, 0.05) is 11.3 Å². The zero-order valence-corrected chi connectivity index (χ0v) is 17.3. The summed E-state index contributed by atoms with van der Waals surface area (Å²) in [6, 6.07) is 12.0. The Labute approximate surface area is 176 Å². The molecule has 2 aliphatic rings. The summed E-state index contributed by atoms with van der Waals surface area (Å²) in [6.07, 6.45) is 0. The van der Waals surface area contributed by atoms with Gasteiger partial charge in [0.05, 0.1) is 23.6 Å². The standard InChI is InChI=1S/C20H17ClN4O3S/c1-11-19(27)25-18(22-11)13-5-3-4-6-15(13)24-20(25)29-10-17(26)23-12-7-8-16(28-2)14(21)9-12/h3-9,11H,10H2,1-2H3,(H,23,26)/t11-/m0/s1. The van der Waals surface area contributed by atoms with Crippen LogP contribution in [0.15, 0.2) is 52.4 Å². The minimum absolute atomic E-state index is 0.0795. The number of fused-ring (bicyclic) bond motifs is 3. The molecular weight excluding hydrogens is 412 g/mol. The van der Waals surface area contributed by atoms with Crippen LogP contribution in [0.5, 0.6) is 5.75 Å². The van der Waals surface area contributed by atoms with Gasteiger partial charge < -0.3 is 10.1 Å². The van der Waals surface area contributed by atoms with Crippen molar-refractivity contribution < 1.29 is 14.3 Å². The quantitative estimate of drug-likeness (QED) is 0.804. The van der Waals surface area contributed by atoms with Crippen molar-refractivity contribution in [3.8, 4) is 5.75 Å². The first-order valence-corrected chi connectivity index (χ1v) is 10.2. The fourth-order valence-corrected chi connectivity index (χ4v) is 4.10. The number of amidine groups is 2. The van der Waals surface area contributed by atoms with Crippen molar-refractivity contribution in [3.63, 3.8) is 0 Å². The van der Waals surface area contributed by atoms with Crippen molar-refractivity contribution in [1.82, 2.24) is 4.90 Å². The first-order valence-electron chi connectivity index (χ1n) is 8.84. The lowest BCUT2D eigenvalue weighted by atomic mass is 10.1. The molecule has 0 spiro atoms. The number of halogens is 1. The lowest BCUT2D eigenvalue weighted by Gasteiger charge is -2.25. The second-order valence-corrected chi connectivity index (χ2v) is 7.75. The molecule has 7 nitrogen and oxygen atoms in total. The Morgan fingerprint density at radius 2 is 2.10 bits per heavy atom. The van der Waals surface area contributed by atoms with Crippen molar-refractivity contribution in [3.05, 3.63) is 53.1 Å². The lowest BCUT2D eigenvalue weighted by Crippen LogP contribution is -2.41. The molecule has 148 valence electrons. The number of carbonyl (C=O) groups is 2. The number of nitrogens with one attached hydrogen (secondary N) is 1. The Balaban J connectivity index is 1.50. The number of aliphatic imine (C=N–C) groups is 2. The number of methoxy groups -OCH3 is 1. The summed E-state index contributed by atoms with van der Waals surface area (Å²) >= 11 is 7.28. The van der Waals surface area contributed by atoms with Gasteiger partial charge in [-0.3, -0.25) is 14.6 Å². The highest BCUT2D eigenvalue weighted by atomic mass is 35.5. The van der Waals surface area contributed by atoms with Crippen molar-refractivity contribution in [2.75, 3.05) is 18.2 Å². The minimum atomic E-state index is -0.475. The number of amides is 2. The van der Waals surface area contributed by atoms with Crippen LogP contribution >= 0.6 is 23.4 Å². The molecule has 2 aromatic rings. The fourth-order valence-electron chi connectivity index (χ4n) is 3.04.